The van der Waals surface area contributed by atoms with Crippen LogP contribution in [0.25, 0.3) is 22.4 Å². The molecule has 38 heavy (non-hydrogen) atoms. The fraction of sp³-hybridized carbons (Fsp3) is 0.250. The molecule has 0 saturated carbocycles. The van der Waals surface area contributed by atoms with Crippen molar-refractivity contribution in [3.8, 4) is 17.2 Å². The van der Waals surface area contributed by atoms with Crippen LogP contribution in [0.2, 0.25) is 0 Å². The number of aromatic nitrogens is 4. The van der Waals surface area contributed by atoms with E-state index in [2.05, 4.69) is 30.6 Å². The monoisotopic (exact) mass is 529 g/mol. The minimum absolute atomic E-state index is 0.0346. The van der Waals surface area contributed by atoms with Crippen LogP contribution < -0.4 is 21.1 Å². The van der Waals surface area contributed by atoms with Gasteiger partial charge in [-0.2, -0.15) is 13.2 Å². The molecule has 4 N–H and O–H groups in total. The van der Waals surface area contributed by atoms with Gasteiger partial charge in [0, 0.05) is 36.4 Å². The van der Waals surface area contributed by atoms with E-state index in [-0.39, 0.29) is 52.8 Å². The van der Waals surface area contributed by atoms with Crippen molar-refractivity contribution in [3.05, 3.63) is 65.7 Å². The highest BCUT2D eigenvalue weighted by atomic mass is 19.4. The van der Waals surface area contributed by atoms with Gasteiger partial charge in [0.25, 0.3) is 11.8 Å². The fourth-order valence-corrected chi connectivity index (χ4v) is 3.56. The molecule has 4 aromatic rings. The molecule has 11 nitrogen and oxygen atoms in total. The molecule has 0 unspecified atom stereocenters. The Kier molecular flexibility index (Phi) is 7.52. The number of oxazole rings is 1. The number of methoxy groups -OCH3 is 1. The van der Waals surface area contributed by atoms with E-state index in [1.54, 1.807) is 6.92 Å². The molecule has 4 rings (SSSR count). The molecule has 3 aromatic heterocycles. The number of benzene rings is 1. The topological polar surface area (TPSA) is 158 Å². The van der Waals surface area contributed by atoms with Crippen LogP contribution in [0.4, 0.5) is 13.2 Å². The predicted molar refractivity (Wildman–Crippen MR) is 128 cm³/mol. The number of rotatable bonds is 8. The number of fused-ring (bicyclic) bond motifs is 1. The van der Waals surface area contributed by atoms with Crippen molar-refractivity contribution in [3.63, 3.8) is 0 Å². The number of hydrogen-bond donors (Lipinski definition) is 3. The zero-order chi connectivity index (χ0) is 27.4. The Balaban J connectivity index is 1.58. The van der Waals surface area contributed by atoms with E-state index in [1.807, 2.05) is 0 Å². The quantitative estimate of drug-likeness (QED) is 0.292. The van der Waals surface area contributed by atoms with Gasteiger partial charge in [-0.15, -0.1) is 0 Å². The molecule has 198 valence electrons. The summed E-state index contributed by atoms with van der Waals surface area (Å²) >= 11 is 0. The van der Waals surface area contributed by atoms with Gasteiger partial charge in [0.2, 0.25) is 5.89 Å². The lowest BCUT2D eigenvalue weighted by Gasteiger charge is -2.11. The molecule has 0 bridgehead atoms. The van der Waals surface area contributed by atoms with Crippen molar-refractivity contribution < 1.29 is 31.9 Å². The Morgan fingerprint density at radius 3 is 2.45 bits per heavy atom. The van der Waals surface area contributed by atoms with Gasteiger partial charge in [0.05, 0.1) is 19.3 Å². The highest BCUT2D eigenvalue weighted by Crippen LogP contribution is 2.37. The first-order valence-corrected chi connectivity index (χ1v) is 11.2. The summed E-state index contributed by atoms with van der Waals surface area (Å²) in [6.07, 6.45) is -0.530. The molecule has 1 aromatic carbocycles. The number of ether oxygens (including phenoxy) is 1. The van der Waals surface area contributed by atoms with Gasteiger partial charge in [-0.25, -0.2) is 15.0 Å². The van der Waals surface area contributed by atoms with Crippen LogP contribution in [-0.4, -0.2) is 51.9 Å². The van der Waals surface area contributed by atoms with Gasteiger partial charge >= 0.3 is 6.18 Å². The lowest BCUT2D eigenvalue weighted by molar-refractivity contribution is -0.140. The summed E-state index contributed by atoms with van der Waals surface area (Å²) in [5.41, 5.74) is 5.17. The van der Waals surface area contributed by atoms with Crippen molar-refractivity contribution in [2.24, 2.45) is 5.73 Å². The van der Waals surface area contributed by atoms with E-state index in [4.69, 9.17) is 14.9 Å². The maximum Gasteiger partial charge on any atom is 0.433 e. The van der Waals surface area contributed by atoms with Crippen molar-refractivity contribution in [2.75, 3.05) is 20.2 Å². The van der Waals surface area contributed by atoms with Crippen LogP contribution in [0.5, 0.6) is 5.75 Å². The number of pyridine rings is 1. The molecule has 0 spiro atoms. The molecule has 2 amide bonds. The maximum absolute atomic E-state index is 13.2. The Morgan fingerprint density at radius 2 is 1.82 bits per heavy atom. The molecule has 0 fully saturated rings. The standard InChI is InChI=1S/C24H22F3N7O4/c1-12(28)20-19(22(36)32-10-9-31-21(35)15-11-29-7-8-30-15)34-23(38-20)14-3-5-16(37-2)18-13(14)4-6-17(33-18)24(25,26)27/h3-8,11-12H,9-10,28H2,1-2H3,(H,31,35)(H,32,36)/t12-/m0/s1. The van der Waals surface area contributed by atoms with Gasteiger partial charge in [0.1, 0.15) is 22.7 Å². The molecule has 0 aliphatic heterocycles. The third-order valence-corrected chi connectivity index (χ3v) is 5.33. The van der Waals surface area contributed by atoms with Gasteiger partial charge in [-0.05, 0) is 31.2 Å². The molecule has 14 heteroatoms. The Morgan fingerprint density at radius 1 is 1.08 bits per heavy atom. The number of halogens is 3. The lowest BCUT2D eigenvalue weighted by Crippen LogP contribution is -2.35. The molecule has 1 atom stereocenters. The molecule has 0 aliphatic carbocycles. The van der Waals surface area contributed by atoms with Gasteiger partial charge in [0.15, 0.2) is 11.5 Å². The fourth-order valence-electron chi connectivity index (χ4n) is 3.56. The van der Waals surface area contributed by atoms with E-state index in [1.165, 1.54) is 43.9 Å². The highest BCUT2D eigenvalue weighted by molar-refractivity contribution is 5.98. The van der Waals surface area contributed by atoms with Crippen LogP contribution in [-0.2, 0) is 6.18 Å². The number of nitrogens with zero attached hydrogens (tertiary/aromatic N) is 4. The van der Waals surface area contributed by atoms with Crippen molar-refractivity contribution in [1.82, 2.24) is 30.6 Å². The first-order valence-electron chi connectivity index (χ1n) is 11.2. The maximum atomic E-state index is 13.2. The predicted octanol–water partition coefficient (Wildman–Crippen LogP) is 2.89. The minimum Gasteiger partial charge on any atom is -0.494 e. The molecular formula is C24H22F3N7O4. The van der Waals surface area contributed by atoms with Gasteiger partial charge in [-0.3, -0.25) is 14.6 Å². The smallest absolute Gasteiger partial charge is 0.433 e. The third-order valence-electron chi connectivity index (χ3n) is 5.33. The van der Waals surface area contributed by atoms with Crippen molar-refractivity contribution in [2.45, 2.75) is 19.1 Å². The molecular weight excluding hydrogens is 507 g/mol. The molecule has 0 saturated heterocycles. The van der Waals surface area contributed by atoms with Crippen LogP contribution >= 0.6 is 0 Å². The molecule has 0 radical (unpaired) electrons. The van der Waals surface area contributed by atoms with Crippen molar-refractivity contribution in [1.29, 1.82) is 0 Å². The third kappa shape index (κ3) is 5.54. The second kappa shape index (κ2) is 10.8. The Hall–Kier alpha value is -4.59. The minimum atomic E-state index is -4.65. The average Bonchev–Trinajstić information content (AvgIpc) is 3.36. The van der Waals surface area contributed by atoms with Crippen LogP contribution in [0.15, 0.2) is 47.3 Å². The van der Waals surface area contributed by atoms with Gasteiger partial charge in [-0.1, -0.05) is 0 Å². The summed E-state index contributed by atoms with van der Waals surface area (Å²) < 4.78 is 50.7. The summed E-state index contributed by atoms with van der Waals surface area (Å²) in [6, 6.07) is 4.31. The van der Waals surface area contributed by atoms with E-state index in [0.717, 1.165) is 6.07 Å². The van der Waals surface area contributed by atoms with E-state index >= 15 is 0 Å². The number of nitrogens with one attached hydrogen (secondary N) is 2. The zero-order valence-electron chi connectivity index (χ0n) is 20.2. The van der Waals surface area contributed by atoms with E-state index in [9.17, 15) is 22.8 Å². The Labute approximate surface area is 213 Å². The van der Waals surface area contributed by atoms with Crippen LogP contribution in [0.1, 0.15) is 45.4 Å². The Bertz CT molecular complexity index is 1470. The van der Waals surface area contributed by atoms with Gasteiger partial charge < -0.3 is 25.5 Å². The second-order valence-corrected chi connectivity index (χ2v) is 8.03. The van der Waals surface area contributed by atoms with Crippen LogP contribution in [0.3, 0.4) is 0 Å². The second-order valence-electron chi connectivity index (χ2n) is 8.03. The normalized spacial score (nSPS) is 12.3. The summed E-state index contributed by atoms with van der Waals surface area (Å²) in [5, 5.41) is 5.49. The number of nitrogens with two attached hydrogens (primary N) is 1. The summed E-state index contributed by atoms with van der Waals surface area (Å²) in [7, 11) is 1.31. The molecule has 0 aliphatic rings. The number of hydrogen-bond acceptors (Lipinski definition) is 9. The van der Waals surface area contributed by atoms with E-state index in [0.29, 0.717) is 5.56 Å². The number of amides is 2. The SMILES string of the molecule is COc1ccc(-c2nc(C(=O)NCCNC(=O)c3cnccn3)c([C@H](C)N)o2)c2ccc(C(F)(F)F)nc12. The first kappa shape index (κ1) is 26.5. The van der Waals surface area contributed by atoms with E-state index < -0.39 is 29.7 Å². The number of alkyl halides is 3. The summed E-state index contributed by atoms with van der Waals surface area (Å²) in [4.78, 5) is 40.6. The zero-order valence-corrected chi connectivity index (χ0v) is 20.2. The average molecular weight is 529 g/mol. The summed E-state index contributed by atoms with van der Waals surface area (Å²) in [5.74, 6) is -0.912. The van der Waals surface area contributed by atoms with Crippen LogP contribution in [0, 0.1) is 0 Å². The number of carbonyl (C=O) groups is 2. The summed E-state index contributed by atoms with van der Waals surface area (Å²) in [6.45, 7) is 1.74. The first-order chi connectivity index (χ1) is 18.1. The molecule has 3 heterocycles. The number of carbonyl (C=O) groups excluding carboxylic acids is 2. The largest absolute Gasteiger partial charge is 0.494 e. The lowest BCUT2D eigenvalue weighted by atomic mass is 10.1. The highest BCUT2D eigenvalue weighted by Gasteiger charge is 2.33. The van der Waals surface area contributed by atoms with Crippen molar-refractivity contribution >= 4 is 22.7 Å².